The number of benzene rings is 1. The van der Waals surface area contributed by atoms with Gasteiger partial charge < -0.3 is 10.1 Å². The van der Waals surface area contributed by atoms with Gasteiger partial charge in [0.1, 0.15) is 18.3 Å². The van der Waals surface area contributed by atoms with Gasteiger partial charge in [0, 0.05) is 18.3 Å². The maximum absolute atomic E-state index is 14.0. The first kappa shape index (κ1) is 13.1. The summed E-state index contributed by atoms with van der Waals surface area (Å²) in [5.41, 5.74) is 1.18. The molecule has 0 aliphatic heterocycles. The predicted octanol–water partition coefficient (Wildman–Crippen LogP) is 2.39. The molecule has 5 nitrogen and oxygen atoms in total. The first-order valence-electron chi connectivity index (χ1n) is 6.79. The smallest absolute Gasteiger partial charge is 0.150 e. The zero-order chi connectivity index (χ0) is 13.9. The van der Waals surface area contributed by atoms with Gasteiger partial charge in [0.05, 0.1) is 6.10 Å². The molecule has 0 amide bonds. The molecule has 0 radical (unpaired) electrons. The van der Waals surface area contributed by atoms with Crippen molar-refractivity contribution in [1.82, 2.24) is 14.8 Å². The number of nitrogens with zero attached hydrogens (tertiary/aromatic N) is 3. The highest BCUT2D eigenvalue weighted by atomic mass is 19.1. The molecule has 2 aromatic rings. The molecule has 1 fully saturated rings. The lowest BCUT2D eigenvalue weighted by Crippen LogP contribution is -2.40. The summed E-state index contributed by atoms with van der Waals surface area (Å²) in [5, 5.41) is 7.24. The monoisotopic (exact) mass is 276 g/mol. The number of ether oxygens (including phenoxy) is 1. The van der Waals surface area contributed by atoms with Gasteiger partial charge in [-0.05, 0) is 38.0 Å². The first-order chi connectivity index (χ1) is 9.76. The van der Waals surface area contributed by atoms with Crippen molar-refractivity contribution in [1.29, 1.82) is 0 Å². The van der Waals surface area contributed by atoms with Gasteiger partial charge in [-0.15, -0.1) is 0 Å². The first-order valence-corrected chi connectivity index (χ1v) is 6.79. The number of rotatable bonds is 5. The van der Waals surface area contributed by atoms with Crippen LogP contribution in [-0.4, -0.2) is 33.5 Å². The second-order valence-electron chi connectivity index (χ2n) is 4.90. The topological polar surface area (TPSA) is 52.0 Å². The van der Waals surface area contributed by atoms with Gasteiger partial charge in [-0.1, -0.05) is 0 Å². The van der Waals surface area contributed by atoms with Crippen molar-refractivity contribution in [2.75, 3.05) is 11.9 Å². The van der Waals surface area contributed by atoms with Crippen LogP contribution >= 0.6 is 0 Å². The van der Waals surface area contributed by atoms with Crippen molar-refractivity contribution in [2.45, 2.75) is 31.9 Å². The minimum Gasteiger partial charge on any atom is -0.382 e. The number of anilines is 1. The molecule has 1 saturated carbocycles. The Labute approximate surface area is 116 Å². The predicted molar refractivity (Wildman–Crippen MR) is 73.4 cm³/mol. The number of hydrogen-bond acceptors (Lipinski definition) is 4. The quantitative estimate of drug-likeness (QED) is 0.911. The molecule has 3 rings (SSSR count). The zero-order valence-electron chi connectivity index (χ0n) is 11.3. The van der Waals surface area contributed by atoms with Crippen LogP contribution in [0.25, 0.3) is 5.69 Å². The average molecular weight is 276 g/mol. The lowest BCUT2D eigenvalue weighted by Gasteiger charge is -2.36. The summed E-state index contributed by atoms with van der Waals surface area (Å²) in [5.74, 6) is -0.318. The molecule has 0 bridgehead atoms. The second-order valence-corrected chi connectivity index (χ2v) is 4.90. The summed E-state index contributed by atoms with van der Waals surface area (Å²) in [6.07, 6.45) is 5.15. The third-order valence-electron chi connectivity index (χ3n) is 3.48. The summed E-state index contributed by atoms with van der Waals surface area (Å²) in [4.78, 5) is 3.81. The van der Waals surface area contributed by atoms with Crippen LogP contribution in [0.15, 0.2) is 30.9 Å². The fourth-order valence-corrected chi connectivity index (χ4v) is 2.41. The van der Waals surface area contributed by atoms with E-state index in [0.29, 0.717) is 17.8 Å². The standard InChI is InChI=1S/C14H17FN4O/c1-2-20-12-5-11(6-12)18-10-3-4-14(13(15)7-10)19-9-16-8-17-19/h3-4,7-9,11-12,18H,2,5-6H2,1H3. The normalized spacial score (nSPS) is 21.5. The van der Waals surface area contributed by atoms with E-state index < -0.39 is 0 Å². The van der Waals surface area contributed by atoms with Crippen molar-refractivity contribution in [3.8, 4) is 5.69 Å². The van der Waals surface area contributed by atoms with Crippen molar-refractivity contribution in [3.63, 3.8) is 0 Å². The van der Waals surface area contributed by atoms with E-state index in [4.69, 9.17) is 4.74 Å². The van der Waals surface area contributed by atoms with E-state index in [-0.39, 0.29) is 5.82 Å². The van der Waals surface area contributed by atoms with Crippen LogP contribution in [0, 0.1) is 5.82 Å². The minimum atomic E-state index is -0.318. The van der Waals surface area contributed by atoms with E-state index in [1.165, 1.54) is 23.4 Å². The van der Waals surface area contributed by atoms with E-state index in [2.05, 4.69) is 15.4 Å². The molecule has 0 atom stereocenters. The lowest BCUT2D eigenvalue weighted by molar-refractivity contribution is 0.00299. The van der Waals surface area contributed by atoms with Crippen LogP contribution in [0.5, 0.6) is 0 Å². The summed E-state index contributed by atoms with van der Waals surface area (Å²) in [6.45, 7) is 2.75. The van der Waals surface area contributed by atoms with Crippen molar-refractivity contribution in [3.05, 3.63) is 36.7 Å². The van der Waals surface area contributed by atoms with Crippen LogP contribution in [0.4, 0.5) is 10.1 Å². The number of halogens is 1. The summed E-state index contributed by atoms with van der Waals surface area (Å²) >= 11 is 0. The Bertz CT molecular complexity index is 567. The molecule has 20 heavy (non-hydrogen) atoms. The molecule has 0 unspecified atom stereocenters. The maximum Gasteiger partial charge on any atom is 0.150 e. The highest BCUT2D eigenvalue weighted by Gasteiger charge is 2.29. The van der Waals surface area contributed by atoms with Gasteiger partial charge >= 0.3 is 0 Å². The molecule has 1 aromatic heterocycles. The van der Waals surface area contributed by atoms with Crippen LogP contribution in [0.3, 0.4) is 0 Å². The van der Waals surface area contributed by atoms with Gasteiger partial charge in [-0.25, -0.2) is 14.1 Å². The van der Waals surface area contributed by atoms with Crippen LogP contribution in [0.1, 0.15) is 19.8 Å². The SMILES string of the molecule is CCOC1CC(Nc2ccc(-n3cncn3)c(F)c2)C1. The Morgan fingerprint density at radius 1 is 1.45 bits per heavy atom. The Kier molecular flexibility index (Phi) is 3.64. The summed E-state index contributed by atoms with van der Waals surface area (Å²) in [7, 11) is 0. The van der Waals surface area contributed by atoms with E-state index in [1.807, 2.05) is 13.0 Å². The molecule has 1 heterocycles. The molecule has 0 spiro atoms. The number of nitrogens with one attached hydrogen (secondary N) is 1. The van der Waals surface area contributed by atoms with Gasteiger partial charge in [0.25, 0.3) is 0 Å². The molecule has 6 heteroatoms. The third kappa shape index (κ3) is 2.65. The number of aromatic nitrogens is 3. The molecule has 0 saturated heterocycles. The fraction of sp³-hybridized carbons (Fsp3) is 0.429. The Morgan fingerprint density at radius 3 is 2.95 bits per heavy atom. The van der Waals surface area contributed by atoms with Gasteiger partial charge in [0.2, 0.25) is 0 Å². The largest absolute Gasteiger partial charge is 0.382 e. The van der Waals surface area contributed by atoms with Crippen molar-refractivity contribution >= 4 is 5.69 Å². The molecular formula is C14H17FN4O. The van der Waals surface area contributed by atoms with E-state index in [1.54, 1.807) is 6.07 Å². The van der Waals surface area contributed by atoms with Gasteiger partial charge in [0.15, 0.2) is 5.82 Å². The Morgan fingerprint density at radius 2 is 2.30 bits per heavy atom. The Balaban J connectivity index is 1.63. The Hall–Kier alpha value is -1.95. The molecular weight excluding hydrogens is 259 g/mol. The maximum atomic E-state index is 14.0. The van der Waals surface area contributed by atoms with Gasteiger partial charge in [-0.2, -0.15) is 5.10 Å². The molecule has 1 aliphatic rings. The van der Waals surface area contributed by atoms with Crippen LogP contribution in [0.2, 0.25) is 0 Å². The highest BCUT2D eigenvalue weighted by Crippen LogP contribution is 2.27. The third-order valence-corrected chi connectivity index (χ3v) is 3.48. The van der Waals surface area contributed by atoms with E-state index in [9.17, 15) is 4.39 Å². The van der Waals surface area contributed by atoms with E-state index >= 15 is 0 Å². The summed E-state index contributed by atoms with van der Waals surface area (Å²) in [6, 6.07) is 5.41. The molecule has 1 aliphatic carbocycles. The lowest BCUT2D eigenvalue weighted by atomic mass is 9.89. The van der Waals surface area contributed by atoms with Crippen molar-refractivity contribution < 1.29 is 9.13 Å². The van der Waals surface area contributed by atoms with E-state index in [0.717, 1.165) is 25.1 Å². The number of hydrogen-bond donors (Lipinski definition) is 1. The molecule has 1 aromatic carbocycles. The second kappa shape index (κ2) is 5.58. The molecule has 1 N–H and O–H groups in total. The minimum absolute atomic E-state index is 0.318. The summed E-state index contributed by atoms with van der Waals surface area (Å²) < 4.78 is 20.9. The van der Waals surface area contributed by atoms with Gasteiger partial charge in [-0.3, -0.25) is 0 Å². The molecule has 106 valence electrons. The highest BCUT2D eigenvalue weighted by molar-refractivity contribution is 5.50. The zero-order valence-corrected chi connectivity index (χ0v) is 11.3. The fourth-order valence-electron chi connectivity index (χ4n) is 2.41. The van der Waals surface area contributed by atoms with Crippen LogP contribution in [-0.2, 0) is 4.74 Å². The average Bonchev–Trinajstić information content (AvgIpc) is 2.90. The van der Waals surface area contributed by atoms with Crippen molar-refractivity contribution in [2.24, 2.45) is 0 Å². The van der Waals surface area contributed by atoms with Crippen LogP contribution < -0.4 is 5.32 Å².